The summed E-state index contributed by atoms with van der Waals surface area (Å²) in [5, 5.41) is 8.29. The molecule has 1 saturated heterocycles. The topological polar surface area (TPSA) is 84.3 Å². The maximum Gasteiger partial charge on any atom is 0.270 e. The van der Waals surface area contributed by atoms with Crippen molar-refractivity contribution in [1.82, 2.24) is 24.8 Å². The van der Waals surface area contributed by atoms with Crippen LogP contribution in [0.1, 0.15) is 49.0 Å². The van der Waals surface area contributed by atoms with Crippen LogP contribution in [0.3, 0.4) is 0 Å². The highest BCUT2D eigenvalue weighted by Gasteiger charge is 2.26. The van der Waals surface area contributed by atoms with Crippen LogP contribution in [0.25, 0.3) is 11.0 Å². The summed E-state index contributed by atoms with van der Waals surface area (Å²) >= 11 is 0. The van der Waals surface area contributed by atoms with E-state index in [-0.39, 0.29) is 5.91 Å². The molecule has 2 aromatic rings. The first-order chi connectivity index (χ1) is 14.2. The number of rotatable bonds is 4. The highest BCUT2D eigenvalue weighted by Crippen LogP contribution is 2.25. The van der Waals surface area contributed by atoms with Gasteiger partial charge in [0.15, 0.2) is 0 Å². The van der Waals surface area contributed by atoms with Gasteiger partial charge in [-0.05, 0) is 44.6 Å². The van der Waals surface area contributed by atoms with Gasteiger partial charge in [-0.25, -0.2) is 4.98 Å². The summed E-state index contributed by atoms with van der Waals surface area (Å²) in [5.74, 6) is 0.727. The summed E-state index contributed by atoms with van der Waals surface area (Å²) in [6, 6.07) is 3.54. The molecule has 0 bridgehead atoms. The van der Waals surface area contributed by atoms with Crippen LogP contribution < -0.4 is 10.6 Å². The standard InChI is InChI=1S/C21H30N6O2/c1-26-8-9-27-18(20(26)28)12-14-13-22-21(25-19(14)27)24-16-4-2-15(3-5-16)23-17-6-10-29-11-7-17/h12-13,15-17,23H,2-11H2,1H3,(H,22,24,25). The molecule has 8 nitrogen and oxygen atoms in total. The minimum Gasteiger partial charge on any atom is -0.381 e. The van der Waals surface area contributed by atoms with Crippen LogP contribution in [-0.2, 0) is 11.3 Å². The first-order valence-corrected chi connectivity index (χ1v) is 10.9. The van der Waals surface area contributed by atoms with Gasteiger partial charge in [0.05, 0.1) is 0 Å². The number of nitrogens with zero attached hydrogens (tertiary/aromatic N) is 4. The Morgan fingerprint density at radius 2 is 1.76 bits per heavy atom. The zero-order valence-electron chi connectivity index (χ0n) is 17.1. The molecule has 4 heterocycles. The van der Waals surface area contributed by atoms with Gasteiger partial charge in [-0.3, -0.25) is 4.79 Å². The molecule has 1 amide bonds. The number of carbonyl (C=O) groups is 1. The van der Waals surface area contributed by atoms with E-state index in [1.807, 2.05) is 23.9 Å². The molecule has 0 atom stereocenters. The number of amides is 1. The van der Waals surface area contributed by atoms with Gasteiger partial charge < -0.3 is 24.8 Å². The van der Waals surface area contributed by atoms with E-state index in [0.29, 0.717) is 36.3 Å². The van der Waals surface area contributed by atoms with Crippen LogP contribution >= 0.6 is 0 Å². The van der Waals surface area contributed by atoms with Crippen LogP contribution in [0.4, 0.5) is 5.95 Å². The molecular formula is C21H30N6O2. The van der Waals surface area contributed by atoms with Gasteiger partial charge in [0.1, 0.15) is 11.3 Å². The van der Waals surface area contributed by atoms with Crippen molar-refractivity contribution in [3.8, 4) is 0 Å². The lowest BCUT2D eigenvalue weighted by molar-refractivity contribution is 0.0730. The van der Waals surface area contributed by atoms with Gasteiger partial charge >= 0.3 is 0 Å². The van der Waals surface area contributed by atoms with Crippen molar-refractivity contribution in [2.24, 2.45) is 0 Å². The molecular weight excluding hydrogens is 368 g/mol. The normalized spacial score (nSPS) is 26.0. The third kappa shape index (κ3) is 3.83. The maximum atomic E-state index is 12.4. The van der Waals surface area contributed by atoms with Crippen LogP contribution in [-0.4, -0.2) is 70.3 Å². The lowest BCUT2D eigenvalue weighted by Gasteiger charge is -2.33. The molecule has 8 heteroatoms. The zero-order chi connectivity index (χ0) is 19.8. The molecule has 0 aromatic carbocycles. The molecule has 2 N–H and O–H groups in total. The predicted octanol–water partition coefficient (Wildman–Crippen LogP) is 2.01. The number of fused-ring (bicyclic) bond motifs is 3. The lowest BCUT2D eigenvalue weighted by atomic mass is 9.90. The van der Waals surface area contributed by atoms with E-state index < -0.39 is 0 Å². The Morgan fingerprint density at radius 3 is 2.55 bits per heavy atom. The van der Waals surface area contributed by atoms with Crippen LogP contribution in [0, 0.1) is 0 Å². The number of anilines is 1. The van der Waals surface area contributed by atoms with Gasteiger partial charge in [-0.2, -0.15) is 4.98 Å². The highest BCUT2D eigenvalue weighted by atomic mass is 16.5. The molecule has 0 spiro atoms. The van der Waals surface area contributed by atoms with E-state index in [1.54, 1.807) is 4.90 Å². The third-order valence-corrected chi connectivity index (χ3v) is 6.61. The summed E-state index contributed by atoms with van der Waals surface area (Å²) < 4.78 is 7.48. The molecule has 2 aromatic heterocycles. The van der Waals surface area contributed by atoms with Crippen molar-refractivity contribution in [2.45, 2.75) is 63.2 Å². The van der Waals surface area contributed by atoms with E-state index in [4.69, 9.17) is 9.72 Å². The molecule has 1 aliphatic carbocycles. The van der Waals surface area contributed by atoms with Crippen molar-refractivity contribution < 1.29 is 9.53 Å². The first kappa shape index (κ1) is 18.8. The van der Waals surface area contributed by atoms with E-state index in [0.717, 1.165) is 56.5 Å². The van der Waals surface area contributed by atoms with Gasteiger partial charge in [-0.15, -0.1) is 0 Å². The molecule has 3 aliphatic rings. The fourth-order valence-corrected chi connectivity index (χ4v) is 4.84. The predicted molar refractivity (Wildman–Crippen MR) is 111 cm³/mol. The zero-order valence-corrected chi connectivity index (χ0v) is 17.1. The van der Waals surface area contributed by atoms with Crippen molar-refractivity contribution in [1.29, 1.82) is 0 Å². The van der Waals surface area contributed by atoms with Crippen LogP contribution in [0.15, 0.2) is 12.3 Å². The van der Waals surface area contributed by atoms with E-state index in [1.165, 1.54) is 12.8 Å². The molecule has 1 saturated carbocycles. The van der Waals surface area contributed by atoms with Gasteiger partial charge in [0.2, 0.25) is 5.95 Å². The molecule has 2 aliphatic heterocycles. The second kappa shape index (κ2) is 7.91. The van der Waals surface area contributed by atoms with Gasteiger partial charge in [-0.1, -0.05) is 0 Å². The number of nitrogens with one attached hydrogen (secondary N) is 2. The smallest absolute Gasteiger partial charge is 0.270 e. The average molecular weight is 399 g/mol. The minimum atomic E-state index is 0.0547. The van der Waals surface area contributed by atoms with Crippen LogP contribution in [0.2, 0.25) is 0 Å². The molecule has 0 unspecified atom stereocenters. The summed E-state index contributed by atoms with van der Waals surface area (Å²) in [6.45, 7) is 3.27. The van der Waals surface area contributed by atoms with Crippen molar-refractivity contribution in [3.05, 3.63) is 18.0 Å². The Labute approximate surface area is 171 Å². The van der Waals surface area contributed by atoms with Gasteiger partial charge in [0, 0.05) is 63.1 Å². The summed E-state index contributed by atoms with van der Waals surface area (Å²) in [4.78, 5) is 23.4. The van der Waals surface area contributed by atoms with E-state index in [2.05, 4.69) is 15.6 Å². The Kier molecular flexibility index (Phi) is 5.13. The summed E-state index contributed by atoms with van der Waals surface area (Å²) in [6.07, 6.45) is 8.70. The fourth-order valence-electron chi connectivity index (χ4n) is 4.84. The minimum absolute atomic E-state index is 0.0547. The Hall–Kier alpha value is -2.19. The SMILES string of the molecule is CN1CCn2c(cc3cnc(NC4CCC(NC5CCOCC5)CC4)nc32)C1=O. The number of ether oxygens (including phenoxy) is 1. The largest absolute Gasteiger partial charge is 0.381 e. The molecule has 0 radical (unpaired) electrons. The summed E-state index contributed by atoms with van der Waals surface area (Å²) in [5.41, 5.74) is 1.56. The first-order valence-electron chi connectivity index (χ1n) is 10.9. The van der Waals surface area contributed by atoms with Gasteiger partial charge in [0.25, 0.3) is 5.91 Å². The molecule has 156 valence electrons. The maximum absolute atomic E-state index is 12.4. The quantitative estimate of drug-likeness (QED) is 0.820. The second-order valence-corrected chi connectivity index (χ2v) is 8.63. The molecule has 2 fully saturated rings. The van der Waals surface area contributed by atoms with Crippen molar-refractivity contribution in [2.75, 3.05) is 32.1 Å². The second-order valence-electron chi connectivity index (χ2n) is 8.63. The highest BCUT2D eigenvalue weighted by molar-refractivity contribution is 5.98. The van der Waals surface area contributed by atoms with E-state index in [9.17, 15) is 4.79 Å². The summed E-state index contributed by atoms with van der Waals surface area (Å²) in [7, 11) is 1.84. The number of hydrogen-bond acceptors (Lipinski definition) is 6. The van der Waals surface area contributed by atoms with Crippen molar-refractivity contribution >= 4 is 22.9 Å². The van der Waals surface area contributed by atoms with Crippen molar-refractivity contribution in [3.63, 3.8) is 0 Å². The number of likely N-dealkylation sites (N-methyl/N-ethyl adjacent to an activating group) is 1. The molecule has 29 heavy (non-hydrogen) atoms. The number of carbonyl (C=O) groups excluding carboxylic acids is 1. The van der Waals surface area contributed by atoms with Crippen LogP contribution in [0.5, 0.6) is 0 Å². The molecule has 5 rings (SSSR count). The Balaban J connectivity index is 1.22. The fraction of sp³-hybridized carbons (Fsp3) is 0.667. The lowest BCUT2D eigenvalue weighted by Crippen LogP contribution is -2.44. The van der Waals surface area contributed by atoms with E-state index >= 15 is 0 Å². The third-order valence-electron chi connectivity index (χ3n) is 6.61. The Bertz CT molecular complexity index is 883. The number of hydrogen-bond donors (Lipinski definition) is 2. The average Bonchev–Trinajstić information content (AvgIpc) is 3.12. The number of aromatic nitrogens is 3. The monoisotopic (exact) mass is 398 g/mol. The Morgan fingerprint density at radius 1 is 1.03 bits per heavy atom.